The average Bonchev–Trinajstić information content (AvgIpc) is 2.53. The maximum Gasteiger partial charge on any atom is 0.153 e. The molecule has 3 nitrogen and oxygen atoms in total. The molecule has 0 saturated carbocycles. The Hall–Kier alpha value is -2.94. The summed E-state index contributed by atoms with van der Waals surface area (Å²) in [5.74, 6) is 1.61. The Morgan fingerprint density at radius 3 is 2.29 bits per heavy atom. The molecule has 0 bridgehead atoms. The quantitative estimate of drug-likeness (QED) is 0.504. The van der Waals surface area contributed by atoms with Gasteiger partial charge in [0.25, 0.3) is 0 Å². The summed E-state index contributed by atoms with van der Waals surface area (Å²) >= 11 is 0. The minimum absolute atomic E-state index is 0.696. The fraction of sp³-hybridized carbons (Fsp3) is 0. The third kappa shape index (κ3) is 1.91. The normalized spacial score (nSPS) is 12.3. The Kier molecular flexibility index (Phi) is 2.57. The van der Waals surface area contributed by atoms with Gasteiger partial charge in [0.05, 0.1) is 11.4 Å². The molecule has 0 fully saturated rings. The molecule has 0 spiro atoms. The van der Waals surface area contributed by atoms with Crippen LogP contribution in [-0.4, -0.2) is 0 Å². The summed E-state index contributed by atoms with van der Waals surface area (Å²) in [5, 5.41) is 0. The summed E-state index contributed by atoms with van der Waals surface area (Å²) in [7, 11) is 0. The van der Waals surface area contributed by atoms with Crippen LogP contribution < -0.4 is 15.4 Å². The molecule has 3 aromatic carbocycles. The van der Waals surface area contributed by atoms with E-state index in [1.165, 1.54) is 0 Å². The van der Waals surface area contributed by atoms with Crippen molar-refractivity contribution in [1.29, 1.82) is 0 Å². The van der Waals surface area contributed by atoms with E-state index in [-0.39, 0.29) is 0 Å². The summed E-state index contributed by atoms with van der Waals surface area (Å²) in [4.78, 5) is 2.19. The maximum absolute atomic E-state index is 5.99. The molecule has 102 valence electrons. The van der Waals surface area contributed by atoms with Crippen LogP contribution >= 0.6 is 0 Å². The first-order chi connectivity index (χ1) is 10.3. The van der Waals surface area contributed by atoms with Crippen molar-refractivity contribution in [3.63, 3.8) is 0 Å². The fourth-order valence-electron chi connectivity index (χ4n) is 2.63. The van der Waals surface area contributed by atoms with Crippen molar-refractivity contribution in [3.8, 4) is 11.5 Å². The van der Waals surface area contributed by atoms with Gasteiger partial charge in [-0.25, -0.2) is 0 Å². The number of hydrogen-bond donors (Lipinski definition) is 1. The fourth-order valence-corrected chi connectivity index (χ4v) is 2.63. The molecule has 0 unspecified atom stereocenters. The SMILES string of the molecule is Nc1ccc2c(c1)Oc1ccccc1N2c1ccccc1. The first kappa shape index (κ1) is 11.9. The van der Waals surface area contributed by atoms with E-state index in [4.69, 9.17) is 10.5 Å². The van der Waals surface area contributed by atoms with Gasteiger partial charge in [0.1, 0.15) is 0 Å². The highest BCUT2D eigenvalue weighted by atomic mass is 16.5. The predicted molar refractivity (Wildman–Crippen MR) is 85.6 cm³/mol. The van der Waals surface area contributed by atoms with Crippen LogP contribution in [0.15, 0.2) is 72.8 Å². The van der Waals surface area contributed by atoms with Gasteiger partial charge < -0.3 is 15.4 Å². The topological polar surface area (TPSA) is 38.5 Å². The first-order valence-corrected chi connectivity index (χ1v) is 6.84. The minimum atomic E-state index is 0.696. The summed E-state index contributed by atoms with van der Waals surface area (Å²) in [6.45, 7) is 0. The third-order valence-corrected chi connectivity index (χ3v) is 3.57. The van der Waals surface area contributed by atoms with Gasteiger partial charge in [0, 0.05) is 17.4 Å². The van der Waals surface area contributed by atoms with Gasteiger partial charge in [-0.05, 0) is 36.4 Å². The van der Waals surface area contributed by atoms with Crippen LogP contribution in [-0.2, 0) is 0 Å². The molecule has 2 N–H and O–H groups in total. The Balaban J connectivity index is 1.97. The molecule has 21 heavy (non-hydrogen) atoms. The van der Waals surface area contributed by atoms with Crippen molar-refractivity contribution in [2.24, 2.45) is 0 Å². The maximum atomic E-state index is 5.99. The van der Waals surface area contributed by atoms with Crippen LogP contribution in [0.1, 0.15) is 0 Å². The van der Waals surface area contributed by atoms with E-state index in [0.717, 1.165) is 28.6 Å². The molecule has 1 aliphatic heterocycles. The number of anilines is 4. The van der Waals surface area contributed by atoms with E-state index in [1.54, 1.807) is 0 Å². The van der Waals surface area contributed by atoms with E-state index in [1.807, 2.05) is 54.6 Å². The lowest BCUT2D eigenvalue weighted by molar-refractivity contribution is 0.477. The standard InChI is InChI=1S/C18H14N2O/c19-13-10-11-16-18(12-13)21-17-9-5-4-8-15(17)20(16)14-6-2-1-3-7-14/h1-12H,19H2. The number of nitrogens with zero attached hydrogens (tertiary/aromatic N) is 1. The molecule has 0 radical (unpaired) electrons. The smallest absolute Gasteiger partial charge is 0.153 e. The predicted octanol–water partition coefficient (Wildman–Crippen LogP) is 4.84. The van der Waals surface area contributed by atoms with Crippen LogP contribution in [0.5, 0.6) is 11.5 Å². The number of ether oxygens (including phenoxy) is 1. The van der Waals surface area contributed by atoms with Crippen LogP contribution in [0.3, 0.4) is 0 Å². The van der Waals surface area contributed by atoms with Crippen LogP contribution in [0.25, 0.3) is 0 Å². The van der Waals surface area contributed by atoms with E-state index in [2.05, 4.69) is 23.1 Å². The van der Waals surface area contributed by atoms with Crippen molar-refractivity contribution in [2.75, 3.05) is 10.6 Å². The van der Waals surface area contributed by atoms with E-state index in [9.17, 15) is 0 Å². The third-order valence-electron chi connectivity index (χ3n) is 3.57. The number of hydrogen-bond acceptors (Lipinski definition) is 3. The highest BCUT2D eigenvalue weighted by Crippen LogP contribution is 2.50. The number of fused-ring (bicyclic) bond motifs is 2. The van der Waals surface area contributed by atoms with Crippen molar-refractivity contribution in [3.05, 3.63) is 72.8 Å². The number of para-hydroxylation sites is 3. The molecule has 4 rings (SSSR count). The zero-order valence-electron chi connectivity index (χ0n) is 11.4. The molecule has 0 amide bonds. The molecular formula is C18H14N2O. The van der Waals surface area contributed by atoms with Crippen LogP contribution in [0.2, 0.25) is 0 Å². The molecular weight excluding hydrogens is 260 g/mol. The second-order valence-corrected chi connectivity index (χ2v) is 4.97. The van der Waals surface area contributed by atoms with Crippen molar-refractivity contribution < 1.29 is 4.74 Å². The zero-order chi connectivity index (χ0) is 14.2. The van der Waals surface area contributed by atoms with Crippen molar-refractivity contribution in [1.82, 2.24) is 0 Å². The summed E-state index contributed by atoms with van der Waals surface area (Å²) in [6, 6.07) is 24.0. The highest BCUT2D eigenvalue weighted by molar-refractivity contribution is 5.86. The Morgan fingerprint density at radius 2 is 1.43 bits per heavy atom. The van der Waals surface area contributed by atoms with Crippen LogP contribution in [0.4, 0.5) is 22.7 Å². The minimum Gasteiger partial charge on any atom is -0.453 e. The number of nitrogen functional groups attached to an aromatic ring is 1. The first-order valence-electron chi connectivity index (χ1n) is 6.84. The molecule has 0 atom stereocenters. The summed E-state index contributed by atoms with van der Waals surface area (Å²) in [5.41, 5.74) is 9.70. The van der Waals surface area contributed by atoms with Gasteiger partial charge >= 0.3 is 0 Å². The lowest BCUT2D eigenvalue weighted by Gasteiger charge is -2.32. The lowest BCUT2D eigenvalue weighted by Crippen LogP contribution is -2.15. The van der Waals surface area contributed by atoms with E-state index in [0.29, 0.717) is 5.69 Å². The Bertz CT molecular complexity index is 799. The molecule has 1 aliphatic rings. The highest BCUT2D eigenvalue weighted by Gasteiger charge is 2.25. The molecule has 1 heterocycles. The second-order valence-electron chi connectivity index (χ2n) is 4.97. The molecule has 0 saturated heterocycles. The van der Waals surface area contributed by atoms with Gasteiger partial charge in [0.15, 0.2) is 11.5 Å². The van der Waals surface area contributed by atoms with Crippen molar-refractivity contribution in [2.45, 2.75) is 0 Å². The molecule has 0 aliphatic carbocycles. The zero-order valence-corrected chi connectivity index (χ0v) is 11.4. The van der Waals surface area contributed by atoms with Crippen molar-refractivity contribution >= 4 is 22.7 Å². The van der Waals surface area contributed by atoms with Gasteiger partial charge in [-0.3, -0.25) is 0 Å². The summed E-state index contributed by atoms with van der Waals surface area (Å²) in [6.07, 6.45) is 0. The van der Waals surface area contributed by atoms with E-state index < -0.39 is 0 Å². The number of nitrogens with two attached hydrogens (primary N) is 1. The number of benzene rings is 3. The second kappa shape index (κ2) is 4.56. The monoisotopic (exact) mass is 274 g/mol. The van der Waals surface area contributed by atoms with E-state index >= 15 is 0 Å². The molecule has 3 aromatic rings. The van der Waals surface area contributed by atoms with Gasteiger partial charge in [0.2, 0.25) is 0 Å². The number of rotatable bonds is 1. The largest absolute Gasteiger partial charge is 0.453 e. The van der Waals surface area contributed by atoms with Gasteiger partial charge in [-0.15, -0.1) is 0 Å². The Morgan fingerprint density at radius 1 is 0.714 bits per heavy atom. The Labute approximate surface area is 123 Å². The lowest BCUT2D eigenvalue weighted by atomic mass is 10.1. The van der Waals surface area contributed by atoms with Gasteiger partial charge in [-0.2, -0.15) is 0 Å². The summed E-state index contributed by atoms with van der Waals surface area (Å²) < 4.78 is 5.99. The van der Waals surface area contributed by atoms with Gasteiger partial charge in [-0.1, -0.05) is 30.3 Å². The molecule has 3 heteroatoms. The average molecular weight is 274 g/mol. The molecule has 0 aromatic heterocycles. The van der Waals surface area contributed by atoms with Crippen LogP contribution in [0, 0.1) is 0 Å².